The second-order valence-corrected chi connectivity index (χ2v) is 4.43. The highest BCUT2D eigenvalue weighted by Crippen LogP contribution is 2.35. The summed E-state index contributed by atoms with van der Waals surface area (Å²) in [6.45, 7) is 2.08. The van der Waals surface area contributed by atoms with Crippen LogP contribution >= 0.6 is 0 Å². The number of fused-ring (bicyclic) bond motifs is 2. The van der Waals surface area contributed by atoms with Crippen molar-refractivity contribution in [2.75, 3.05) is 0 Å². The van der Waals surface area contributed by atoms with Crippen LogP contribution in [0.2, 0.25) is 0 Å². The molecule has 2 heteroatoms. The number of carbonyl (C=O) groups is 1. The highest BCUT2D eigenvalue weighted by atomic mass is 16.5. The van der Waals surface area contributed by atoms with Crippen molar-refractivity contribution in [1.82, 2.24) is 0 Å². The maximum absolute atomic E-state index is 11.6. The van der Waals surface area contributed by atoms with Crippen LogP contribution < -0.4 is 0 Å². The minimum absolute atomic E-state index is 0.0666. The molecule has 0 radical (unpaired) electrons. The highest BCUT2D eigenvalue weighted by Gasteiger charge is 2.33. The number of carbonyl (C=O) groups excluding carboxylic acids is 1. The van der Waals surface area contributed by atoms with E-state index >= 15 is 0 Å². The number of esters is 1. The first kappa shape index (κ1) is 9.04. The van der Waals surface area contributed by atoms with Gasteiger partial charge in [-0.15, -0.1) is 0 Å². The second-order valence-electron chi connectivity index (χ2n) is 4.43. The summed E-state index contributed by atoms with van der Waals surface area (Å²) in [4.78, 5) is 11.6. The Morgan fingerprint density at radius 1 is 1.38 bits per heavy atom. The Bertz CT molecular complexity index is 200. The Hall–Kier alpha value is -0.530. The second kappa shape index (κ2) is 3.69. The molecule has 1 aliphatic carbocycles. The van der Waals surface area contributed by atoms with Crippen LogP contribution in [-0.4, -0.2) is 12.1 Å². The lowest BCUT2D eigenvalue weighted by Gasteiger charge is -2.24. The average molecular weight is 182 g/mol. The summed E-state index contributed by atoms with van der Waals surface area (Å²) >= 11 is 0. The SMILES string of the molecule is CCC1CC2CCCC(C2)OC1=O. The third-order valence-electron chi connectivity index (χ3n) is 3.46. The Labute approximate surface area is 79.7 Å². The van der Waals surface area contributed by atoms with Gasteiger partial charge in [0.05, 0.1) is 5.92 Å². The van der Waals surface area contributed by atoms with Crippen LogP contribution in [0, 0.1) is 11.8 Å². The fraction of sp³-hybridized carbons (Fsp3) is 0.909. The predicted molar refractivity (Wildman–Crippen MR) is 50.2 cm³/mol. The van der Waals surface area contributed by atoms with E-state index in [2.05, 4.69) is 6.92 Å². The molecule has 0 N–H and O–H groups in total. The maximum atomic E-state index is 11.6. The van der Waals surface area contributed by atoms with Crippen molar-refractivity contribution in [3.63, 3.8) is 0 Å². The summed E-state index contributed by atoms with van der Waals surface area (Å²) in [5.74, 6) is 1.01. The van der Waals surface area contributed by atoms with E-state index in [0.29, 0.717) is 0 Å². The van der Waals surface area contributed by atoms with E-state index in [1.54, 1.807) is 0 Å². The van der Waals surface area contributed by atoms with Crippen LogP contribution in [0.25, 0.3) is 0 Å². The van der Waals surface area contributed by atoms with Gasteiger partial charge in [-0.3, -0.25) is 4.79 Å². The van der Waals surface area contributed by atoms with E-state index in [1.807, 2.05) is 0 Å². The molecule has 1 aliphatic heterocycles. The lowest BCUT2D eigenvalue weighted by molar-refractivity contribution is -0.153. The van der Waals surface area contributed by atoms with Crippen molar-refractivity contribution in [3.05, 3.63) is 0 Å². The molecule has 1 saturated heterocycles. The van der Waals surface area contributed by atoms with Gasteiger partial charge in [0.25, 0.3) is 0 Å². The van der Waals surface area contributed by atoms with Crippen molar-refractivity contribution in [1.29, 1.82) is 0 Å². The Morgan fingerprint density at radius 2 is 2.23 bits per heavy atom. The topological polar surface area (TPSA) is 26.3 Å². The van der Waals surface area contributed by atoms with Gasteiger partial charge in [0.15, 0.2) is 0 Å². The van der Waals surface area contributed by atoms with E-state index in [9.17, 15) is 4.79 Å². The van der Waals surface area contributed by atoms with Crippen LogP contribution in [0.15, 0.2) is 0 Å². The first-order chi connectivity index (χ1) is 6.29. The fourth-order valence-electron chi connectivity index (χ4n) is 2.66. The van der Waals surface area contributed by atoms with Crippen LogP contribution in [0.5, 0.6) is 0 Å². The third kappa shape index (κ3) is 1.87. The molecule has 1 saturated carbocycles. The molecule has 0 spiro atoms. The van der Waals surface area contributed by atoms with E-state index in [-0.39, 0.29) is 18.0 Å². The molecular formula is C11H18O2. The van der Waals surface area contributed by atoms with Crippen LogP contribution in [0.4, 0.5) is 0 Å². The van der Waals surface area contributed by atoms with Gasteiger partial charge in [0.1, 0.15) is 6.10 Å². The van der Waals surface area contributed by atoms with Gasteiger partial charge in [-0.05, 0) is 38.0 Å². The third-order valence-corrected chi connectivity index (χ3v) is 3.46. The standard InChI is InChI=1S/C11H18O2/c1-2-9-6-8-4-3-5-10(7-8)13-11(9)12/h8-10H,2-7H2,1H3. The number of hydrogen-bond acceptors (Lipinski definition) is 2. The van der Waals surface area contributed by atoms with Crippen LogP contribution in [0.3, 0.4) is 0 Å². The molecule has 2 fully saturated rings. The molecule has 74 valence electrons. The molecule has 0 amide bonds. The van der Waals surface area contributed by atoms with Gasteiger partial charge in [-0.2, -0.15) is 0 Å². The molecule has 0 aromatic heterocycles. The van der Waals surface area contributed by atoms with Crippen molar-refractivity contribution in [3.8, 4) is 0 Å². The summed E-state index contributed by atoms with van der Waals surface area (Å²) < 4.78 is 5.45. The van der Waals surface area contributed by atoms with Gasteiger partial charge < -0.3 is 4.74 Å². The molecule has 2 rings (SSSR count). The Kier molecular flexibility index (Phi) is 2.56. The molecule has 0 aromatic carbocycles. The average Bonchev–Trinajstić information content (AvgIpc) is 2.23. The summed E-state index contributed by atoms with van der Waals surface area (Å²) in [5.41, 5.74) is 0. The molecule has 1 heterocycles. The van der Waals surface area contributed by atoms with Crippen molar-refractivity contribution in [2.45, 2.75) is 51.6 Å². The minimum Gasteiger partial charge on any atom is -0.462 e. The van der Waals surface area contributed by atoms with Crippen molar-refractivity contribution < 1.29 is 9.53 Å². The van der Waals surface area contributed by atoms with E-state index in [1.165, 1.54) is 12.8 Å². The normalized spacial score (nSPS) is 39.5. The molecular weight excluding hydrogens is 164 g/mol. The van der Waals surface area contributed by atoms with Crippen LogP contribution in [0.1, 0.15) is 45.4 Å². The van der Waals surface area contributed by atoms with E-state index in [0.717, 1.165) is 31.6 Å². The van der Waals surface area contributed by atoms with Crippen molar-refractivity contribution >= 4 is 5.97 Å². The lowest BCUT2D eigenvalue weighted by Crippen LogP contribution is -2.21. The predicted octanol–water partition coefficient (Wildman–Crippen LogP) is 2.52. The van der Waals surface area contributed by atoms with Gasteiger partial charge >= 0.3 is 5.97 Å². The monoisotopic (exact) mass is 182 g/mol. The smallest absolute Gasteiger partial charge is 0.309 e. The zero-order valence-corrected chi connectivity index (χ0v) is 8.29. The number of ether oxygens (including phenoxy) is 1. The number of hydrogen-bond donors (Lipinski definition) is 0. The first-order valence-electron chi connectivity index (χ1n) is 5.50. The van der Waals surface area contributed by atoms with Gasteiger partial charge in [0.2, 0.25) is 0 Å². The zero-order chi connectivity index (χ0) is 9.26. The van der Waals surface area contributed by atoms with Crippen LogP contribution in [-0.2, 0) is 9.53 Å². The Morgan fingerprint density at radius 3 is 3.00 bits per heavy atom. The van der Waals surface area contributed by atoms with E-state index < -0.39 is 0 Å². The molecule has 0 aromatic rings. The first-order valence-corrected chi connectivity index (χ1v) is 5.50. The molecule has 2 aliphatic rings. The quantitative estimate of drug-likeness (QED) is 0.582. The molecule has 2 nitrogen and oxygen atoms in total. The summed E-state index contributed by atoms with van der Waals surface area (Å²) in [7, 11) is 0. The molecule has 2 bridgehead atoms. The van der Waals surface area contributed by atoms with Gasteiger partial charge in [-0.25, -0.2) is 0 Å². The minimum atomic E-state index is 0.0666. The fourth-order valence-corrected chi connectivity index (χ4v) is 2.66. The van der Waals surface area contributed by atoms with Gasteiger partial charge in [-0.1, -0.05) is 13.3 Å². The Balaban J connectivity index is 2.07. The molecule has 3 atom stereocenters. The molecule has 3 unspecified atom stereocenters. The summed E-state index contributed by atoms with van der Waals surface area (Å²) in [5, 5.41) is 0. The maximum Gasteiger partial charge on any atom is 0.309 e. The van der Waals surface area contributed by atoms with E-state index in [4.69, 9.17) is 4.74 Å². The number of rotatable bonds is 1. The van der Waals surface area contributed by atoms with Crippen molar-refractivity contribution in [2.24, 2.45) is 11.8 Å². The molecule has 13 heavy (non-hydrogen) atoms. The zero-order valence-electron chi connectivity index (χ0n) is 8.29. The highest BCUT2D eigenvalue weighted by molar-refractivity contribution is 5.72. The summed E-state index contributed by atoms with van der Waals surface area (Å²) in [6.07, 6.45) is 7.06. The largest absolute Gasteiger partial charge is 0.462 e. The lowest BCUT2D eigenvalue weighted by atomic mass is 9.82. The summed E-state index contributed by atoms with van der Waals surface area (Å²) in [6, 6.07) is 0. The van der Waals surface area contributed by atoms with Gasteiger partial charge in [0, 0.05) is 0 Å².